The van der Waals surface area contributed by atoms with Crippen LogP contribution < -0.4 is 0 Å². The molecule has 0 saturated carbocycles. The predicted molar refractivity (Wildman–Crippen MR) is 50.4 cm³/mol. The molecule has 0 fully saturated rings. The van der Waals surface area contributed by atoms with Gasteiger partial charge in [-0.25, -0.2) is 0 Å². The van der Waals surface area contributed by atoms with Crippen LogP contribution in [0.1, 0.15) is 13.8 Å². The van der Waals surface area contributed by atoms with E-state index in [1.54, 1.807) is 24.3 Å². The van der Waals surface area contributed by atoms with Crippen LogP contribution in [0.25, 0.3) is 0 Å². The van der Waals surface area contributed by atoms with Gasteiger partial charge in [0.15, 0.2) is 0 Å². The summed E-state index contributed by atoms with van der Waals surface area (Å²) in [6, 6.07) is 8.88. The minimum absolute atomic E-state index is 0.0132. The lowest BCUT2D eigenvalue weighted by atomic mass is 10.2. The molecule has 0 aromatic heterocycles. The largest absolute Gasteiger partial charge is 0.170 e. The zero-order valence-electron chi connectivity index (χ0n) is 11.9. The molecule has 2 heteroatoms. The van der Waals surface area contributed by atoms with Gasteiger partial charge in [-0.3, -0.25) is 0 Å². The van der Waals surface area contributed by atoms with E-state index in [1.807, 2.05) is 6.07 Å². The van der Waals surface area contributed by atoms with Crippen LogP contribution in [-0.2, 0) is 22.0 Å². The molecule has 0 unspecified atom stereocenters. The highest BCUT2D eigenvalue weighted by Crippen LogP contribution is 2.02. The van der Waals surface area contributed by atoms with E-state index < -0.39 is 23.5 Å². The van der Waals surface area contributed by atoms with Crippen LogP contribution in [0.4, 0.5) is 0 Å². The molecule has 0 saturated heterocycles. The summed E-state index contributed by atoms with van der Waals surface area (Å²) in [5.74, 6) is 0. The maximum atomic E-state index is 7.17. The second-order valence-corrected chi connectivity index (χ2v) is 2.79. The SMILES string of the molecule is [2H]C([2H])([2H])[S+](OCc1ccccc1)C([2H])([2H])[2H]. The van der Waals surface area contributed by atoms with Crippen molar-refractivity contribution < 1.29 is 12.4 Å². The standard InChI is InChI=1S/C9H13OS/c1-11(2)10-8-9-6-4-3-5-7-9/h3-7H,8H2,1-2H3/q+1/i1D3,2D3. The van der Waals surface area contributed by atoms with Gasteiger partial charge in [0.05, 0.1) is 8.22 Å². The van der Waals surface area contributed by atoms with Crippen molar-refractivity contribution in [3.63, 3.8) is 0 Å². The Bertz CT molecular complexity index is 333. The molecule has 0 heterocycles. The van der Waals surface area contributed by atoms with Gasteiger partial charge in [-0.05, 0) is 5.56 Å². The Morgan fingerprint density at radius 1 is 1.36 bits per heavy atom. The smallest absolute Gasteiger partial charge is 0.141 e. The normalized spacial score (nSPS) is 20.8. The van der Waals surface area contributed by atoms with Gasteiger partial charge in [0.2, 0.25) is 0 Å². The van der Waals surface area contributed by atoms with Crippen molar-refractivity contribution in [2.45, 2.75) is 6.61 Å². The molecule has 1 aromatic carbocycles. The van der Waals surface area contributed by atoms with E-state index in [-0.39, 0.29) is 6.61 Å². The van der Waals surface area contributed by atoms with Gasteiger partial charge >= 0.3 is 0 Å². The van der Waals surface area contributed by atoms with E-state index in [0.717, 1.165) is 5.56 Å². The Morgan fingerprint density at radius 3 is 2.73 bits per heavy atom. The summed E-state index contributed by atoms with van der Waals surface area (Å²) >= 11 is -2.06. The number of hydrogen-bond donors (Lipinski definition) is 0. The fraction of sp³-hybridized carbons (Fsp3) is 0.333. The summed E-state index contributed by atoms with van der Waals surface area (Å²) < 4.78 is 48.1. The molecule has 1 nitrogen and oxygen atoms in total. The quantitative estimate of drug-likeness (QED) is 0.638. The Kier molecular flexibility index (Phi) is 1.41. The Labute approximate surface area is 79.4 Å². The van der Waals surface area contributed by atoms with Crippen LogP contribution in [0.2, 0.25) is 0 Å². The molecule has 0 amide bonds. The molecule has 0 aliphatic carbocycles. The van der Waals surface area contributed by atoms with Gasteiger partial charge in [-0.1, -0.05) is 30.3 Å². The summed E-state index contributed by atoms with van der Waals surface area (Å²) in [6.45, 7) is -0.0132. The first-order valence-corrected chi connectivity index (χ1v) is 4.28. The minimum Gasteiger partial charge on any atom is -0.170 e. The van der Waals surface area contributed by atoms with Crippen molar-refractivity contribution in [2.75, 3.05) is 12.4 Å². The molecule has 0 radical (unpaired) electrons. The predicted octanol–water partition coefficient (Wildman–Crippen LogP) is 2.00. The fourth-order valence-corrected chi connectivity index (χ4v) is 0.955. The van der Waals surface area contributed by atoms with Crippen LogP contribution in [0, 0.1) is 0 Å². The fourth-order valence-electron chi connectivity index (χ4n) is 0.701. The lowest BCUT2D eigenvalue weighted by molar-refractivity contribution is 0.355. The zero-order valence-corrected chi connectivity index (χ0v) is 6.73. The highest BCUT2D eigenvalue weighted by atomic mass is 32.2. The lowest BCUT2D eigenvalue weighted by Gasteiger charge is -1.97. The Morgan fingerprint density at radius 2 is 2.09 bits per heavy atom. The van der Waals surface area contributed by atoms with E-state index in [1.165, 1.54) is 0 Å². The third-order valence-corrected chi connectivity index (χ3v) is 1.54. The van der Waals surface area contributed by atoms with E-state index in [9.17, 15) is 0 Å². The first-order chi connectivity index (χ1) is 7.71. The summed E-state index contributed by atoms with van der Waals surface area (Å²) in [5, 5.41) is 0. The summed E-state index contributed by atoms with van der Waals surface area (Å²) in [5.41, 5.74) is 0.749. The zero-order chi connectivity index (χ0) is 13.1. The molecule has 1 aromatic rings. The molecule has 0 aliphatic rings. The highest BCUT2D eigenvalue weighted by Gasteiger charge is 2.02. The molecular weight excluding hydrogens is 156 g/mol. The van der Waals surface area contributed by atoms with Crippen LogP contribution in [0.5, 0.6) is 0 Å². The molecule has 1 rings (SSSR count). The van der Waals surface area contributed by atoms with Gasteiger partial charge in [0.1, 0.15) is 30.2 Å². The number of rotatable bonds is 3. The van der Waals surface area contributed by atoms with E-state index in [0.29, 0.717) is 0 Å². The van der Waals surface area contributed by atoms with E-state index in [2.05, 4.69) is 0 Å². The van der Waals surface area contributed by atoms with Crippen molar-refractivity contribution in [1.29, 1.82) is 0 Å². The Balaban J connectivity index is 2.70. The van der Waals surface area contributed by atoms with E-state index >= 15 is 0 Å². The minimum atomic E-state index is -2.62. The first kappa shape index (κ1) is 3.50. The lowest BCUT2D eigenvalue weighted by Crippen LogP contribution is -2.00. The second-order valence-electron chi connectivity index (χ2n) is 2.02. The van der Waals surface area contributed by atoms with Crippen molar-refractivity contribution >= 4 is 11.2 Å². The maximum Gasteiger partial charge on any atom is 0.141 e. The van der Waals surface area contributed by atoms with Gasteiger partial charge in [0, 0.05) is 0 Å². The summed E-state index contributed by atoms with van der Waals surface area (Å²) in [4.78, 5) is 0. The average Bonchev–Trinajstić information content (AvgIpc) is 2.15. The molecule has 0 N–H and O–H groups in total. The summed E-state index contributed by atoms with van der Waals surface area (Å²) in [7, 11) is 0. The maximum absolute atomic E-state index is 7.17. The molecule has 0 bridgehead atoms. The third-order valence-electron chi connectivity index (χ3n) is 1.19. The number of hydrogen-bond acceptors (Lipinski definition) is 1. The van der Waals surface area contributed by atoms with Gasteiger partial charge in [-0.15, -0.1) is 0 Å². The van der Waals surface area contributed by atoms with Crippen LogP contribution in [-0.4, -0.2) is 12.4 Å². The second kappa shape index (κ2) is 4.42. The Hall–Kier alpha value is -0.470. The average molecular weight is 175 g/mol. The van der Waals surface area contributed by atoms with Gasteiger partial charge in [-0.2, -0.15) is 4.18 Å². The number of benzene rings is 1. The monoisotopic (exact) mass is 175 g/mol. The van der Waals surface area contributed by atoms with Crippen molar-refractivity contribution in [3.8, 4) is 0 Å². The molecule has 0 spiro atoms. The third kappa shape index (κ3) is 3.44. The summed E-state index contributed by atoms with van der Waals surface area (Å²) in [6.07, 6.45) is -5.25. The molecular formula is C9H13OS+. The van der Waals surface area contributed by atoms with E-state index in [4.69, 9.17) is 12.4 Å². The van der Waals surface area contributed by atoms with Crippen molar-refractivity contribution in [1.82, 2.24) is 0 Å². The van der Waals surface area contributed by atoms with Crippen LogP contribution >= 0.6 is 0 Å². The molecule has 0 aliphatic heterocycles. The molecule has 11 heavy (non-hydrogen) atoms. The van der Waals surface area contributed by atoms with Gasteiger partial charge < -0.3 is 0 Å². The van der Waals surface area contributed by atoms with Crippen molar-refractivity contribution in [3.05, 3.63) is 35.9 Å². The highest BCUT2D eigenvalue weighted by molar-refractivity contribution is 7.90. The van der Waals surface area contributed by atoms with Crippen molar-refractivity contribution in [2.24, 2.45) is 0 Å². The molecule has 0 atom stereocenters. The van der Waals surface area contributed by atoms with Crippen LogP contribution in [0.15, 0.2) is 30.3 Å². The van der Waals surface area contributed by atoms with Crippen LogP contribution in [0.3, 0.4) is 0 Å². The topological polar surface area (TPSA) is 9.23 Å². The first-order valence-electron chi connectivity index (χ1n) is 6.13. The van der Waals surface area contributed by atoms with Gasteiger partial charge in [0.25, 0.3) is 0 Å². The molecule has 60 valence electrons.